The van der Waals surface area contributed by atoms with E-state index in [1.165, 1.54) is 24.3 Å². The third kappa shape index (κ3) is 3.79. The van der Waals surface area contributed by atoms with Crippen LogP contribution in [0.2, 0.25) is 0 Å². The molecule has 0 aliphatic rings. The van der Waals surface area contributed by atoms with E-state index in [9.17, 15) is 14.0 Å². The lowest BCUT2D eigenvalue weighted by Crippen LogP contribution is -2.29. The summed E-state index contributed by atoms with van der Waals surface area (Å²) in [7, 11) is 0. The van der Waals surface area contributed by atoms with E-state index in [2.05, 4.69) is 10.6 Å². The molecule has 2 aromatic carbocycles. The number of amides is 2. The van der Waals surface area contributed by atoms with Crippen LogP contribution in [0.15, 0.2) is 42.5 Å². The first-order chi connectivity index (χ1) is 9.95. The summed E-state index contributed by atoms with van der Waals surface area (Å²) in [5.74, 6) is -2.14. The summed E-state index contributed by atoms with van der Waals surface area (Å²) in [5.41, 5.74) is 7.68. The van der Waals surface area contributed by atoms with Crippen molar-refractivity contribution in [3.8, 4) is 0 Å². The van der Waals surface area contributed by atoms with E-state index in [-0.39, 0.29) is 0 Å². The van der Waals surface area contributed by atoms with E-state index >= 15 is 0 Å². The molecule has 2 rings (SSSR count). The second-order valence-electron chi connectivity index (χ2n) is 4.51. The predicted octanol–water partition coefficient (Wildman–Crippen LogP) is 2.29. The number of halogens is 1. The fraction of sp³-hybridized carbons (Fsp3) is 0.0667. The number of nitrogens with one attached hydrogen (secondary N) is 2. The quantitative estimate of drug-likeness (QED) is 0.585. The molecule has 5 nitrogen and oxygen atoms in total. The third-order valence-electron chi connectivity index (χ3n) is 2.77. The molecule has 0 bridgehead atoms. The van der Waals surface area contributed by atoms with Crippen molar-refractivity contribution in [3.63, 3.8) is 0 Å². The fourth-order valence-electron chi connectivity index (χ4n) is 1.68. The lowest BCUT2D eigenvalue weighted by atomic mass is 10.2. The molecule has 0 atom stereocenters. The lowest BCUT2D eigenvalue weighted by molar-refractivity contribution is -0.132. The SMILES string of the molecule is Cc1ccc(N)c(NC(=O)C(=O)Nc2ccc(F)cc2)c1. The van der Waals surface area contributed by atoms with Crippen LogP contribution in [0.3, 0.4) is 0 Å². The molecule has 0 fully saturated rings. The van der Waals surface area contributed by atoms with Gasteiger partial charge in [-0.05, 0) is 48.9 Å². The van der Waals surface area contributed by atoms with Crippen molar-refractivity contribution in [3.05, 3.63) is 53.8 Å². The Morgan fingerprint density at radius 1 is 1.00 bits per heavy atom. The number of nitrogens with two attached hydrogens (primary N) is 1. The zero-order valence-corrected chi connectivity index (χ0v) is 11.3. The van der Waals surface area contributed by atoms with Crippen molar-refractivity contribution in [2.45, 2.75) is 6.92 Å². The van der Waals surface area contributed by atoms with Gasteiger partial charge in [-0.25, -0.2) is 4.39 Å². The van der Waals surface area contributed by atoms with Gasteiger partial charge in [0.15, 0.2) is 0 Å². The molecule has 0 unspecified atom stereocenters. The van der Waals surface area contributed by atoms with E-state index in [0.29, 0.717) is 17.1 Å². The topological polar surface area (TPSA) is 84.2 Å². The molecular weight excluding hydrogens is 273 g/mol. The normalized spacial score (nSPS) is 10.0. The van der Waals surface area contributed by atoms with Gasteiger partial charge in [0, 0.05) is 5.69 Å². The van der Waals surface area contributed by atoms with E-state index in [0.717, 1.165) is 5.56 Å². The molecule has 0 radical (unpaired) electrons. The number of nitrogen functional groups attached to an aromatic ring is 1. The Balaban J connectivity index is 2.04. The summed E-state index contributed by atoms with van der Waals surface area (Å²) < 4.78 is 12.7. The van der Waals surface area contributed by atoms with Crippen LogP contribution in [0.4, 0.5) is 21.5 Å². The molecular formula is C15H14FN3O2. The zero-order chi connectivity index (χ0) is 15.4. The maximum Gasteiger partial charge on any atom is 0.314 e. The van der Waals surface area contributed by atoms with Gasteiger partial charge >= 0.3 is 11.8 Å². The Bertz CT molecular complexity index is 684. The number of hydrogen-bond donors (Lipinski definition) is 3. The highest BCUT2D eigenvalue weighted by Crippen LogP contribution is 2.19. The largest absolute Gasteiger partial charge is 0.397 e. The molecule has 6 heteroatoms. The average Bonchev–Trinajstić information content (AvgIpc) is 2.45. The molecule has 4 N–H and O–H groups in total. The summed E-state index contributed by atoms with van der Waals surface area (Å²) in [4.78, 5) is 23.5. The van der Waals surface area contributed by atoms with Gasteiger partial charge in [0.1, 0.15) is 5.82 Å². The van der Waals surface area contributed by atoms with Crippen molar-refractivity contribution in [2.75, 3.05) is 16.4 Å². The van der Waals surface area contributed by atoms with Crippen molar-refractivity contribution >= 4 is 28.9 Å². The Morgan fingerprint density at radius 2 is 1.62 bits per heavy atom. The molecule has 0 saturated carbocycles. The maximum absolute atomic E-state index is 12.7. The Morgan fingerprint density at radius 3 is 2.29 bits per heavy atom. The van der Waals surface area contributed by atoms with Crippen LogP contribution in [0.1, 0.15) is 5.56 Å². The van der Waals surface area contributed by atoms with Gasteiger partial charge in [0.25, 0.3) is 0 Å². The summed E-state index contributed by atoms with van der Waals surface area (Å²) in [6.45, 7) is 1.84. The first-order valence-electron chi connectivity index (χ1n) is 6.20. The number of anilines is 3. The van der Waals surface area contributed by atoms with Gasteiger partial charge in [0.2, 0.25) is 0 Å². The van der Waals surface area contributed by atoms with Crippen molar-refractivity contribution in [2.24, 2.45) is 0 Å². The number of hydrogen-bond acceptors (Lipinski definition) is 3. The van der Waals surface area contributed by atoms with E-state index < -0.39 is 17.6 Å². The minimum Gasteiger partial charge on any atom is -0.397 e. The summed E-state index contributed by atoms with van der Waals surface area (Å²) >= 11 is 0. The third-order valence-corrected chi connectivity index (χ3v) is 2.77. The fourth-order valence-corrected chi connectivity index (χ4v) is 1.68. The number of rotatable bonds is 2. The Hall–Kier alpha value is -2.89. The highest BCUT2D eigenvalue weighted by molar-refractivity contribution is 6.43. The van der Waals surface area contributed by atoms with Gasteiger partial charge < -0.3 is 16.4 Å². The molecule has 0 heterocycles. The lowest BCUT2D eigenvalue weighted by Gasteiger charge is -2.09. The van der Waals surface area contributed by atoms with Crippen molar-refractivity contribution in [1.29, 1.82) is 0 Å². The van der Waals surface area contributed by atoms with Crippen LogP contribution < -0.4 is 16.4 Å². The van der Waals surface area contributed by atoms with E-state index in [1.807, 2.05) is 6.92 Å². The molecule has 2 aromatic rings. The monoisotopic (exact) mass is 287 g/mol. The summed E-state index contributed by atoms with van der Waals surface area (Å²) in [6.07, 6.45) is 0. The Kier molecular flexibility index (Phi) is 4.18. The van der Waals surface area contributed by atoms with Gasteiger partial charge in [-0.3, -0.25) is 9.59 Å². The second-order valence-corrected chi connectivity index (χ2v) is 4.51. The molecule has 2 amide bonds. The Labute approximate surface area is 121 Å². The van der Waals surface area contributed by atoms with Crippen LogP contribution in [0.5, 0.6) is 0 Å². The highest BCUT2D eigenvalue weighted by atomic mass is 19.1. The molecule has 0 aliphatic carbocycles. The highest BCUT2D eigenvalue weighted by Gasteiger charge is 2.15. The minimum absolute atomic E-state index is 0.328. The standard InChI is InChI=1S/C15H14FN3O2/c1-9-2-7-12(17)13(8-9)19-15(21)14(20)18-11-5-3-10(16)4-6-11/h2-8H,17H2,1H3,(H,18,20)(H,19,21). The number of carbonyl (C=O) groups is 2. The van der Waals surface area contributed by atoms with Crippen LogP contribution in [-0.2, 0) is 9.59 Å². The van der Waals surface area contributed by atoms with Crippen molar-refractivity contribution < 1.29 is 14.0 Å². The molecule has 21 heavy (non-hydrogen) atoms. The van der Waals surface area contributed by atoms with Crippen molar-refractivity contribution in [1.82, 2.24) is 0 Å². The number of carbonyl (C=O) groups excluding carboxylic acids is 2. The molecule has 0 spiro atoms. The second kappa shape index (κ2) is 6.04. The van der Waals surface area contributed by atoms with E-state index in [1.54, 1.807) is 18.2 Å². The number of aryl methyl sites for hydroxylation is 1. The maximum atomic E-state index is 12.7. The van der Waals surface area contributed by atoms with Crippen LogP contribution in [0.25, 0.3) is 0 Å². The smallest absolute Gasteiger partial charge is 0.314 e. The minimum atomic E-state index is -0.859. The van der Waals surface area contributed by atoms with Gasteiger partial charge in [-0.15, -0.1) is 0 Å². The zero-order valence-electron chi connectivity index (χ0n) is 11.3. The van der Waals surface area contributed by atoms with E-state index in [4.69, 9.17) is 5.73 Å². The summed E-state index contributed by atoms with van der Waals surface area (Å²) in [6, 6.07) is 10.2. The van der Waals surface area contributed by atoms with Crippen LogP contribution in [-0.4, -0.2) is 11.8 Å². The van der Waals surface area contributed by atoms with Gasteiger partial charge in [0.05, 0.1) is 11.4 Å². The average molecular weight is 287 g/mol. The van der Waals surface area contributed by atoms with Gasteiger partial charge in [-0.2, -0.15) is 0 Å². The van der Waals surface area contributed by atoms with Crippen LogP contribution in [0, 0.1) is 12.7 Å². The first kappa shape index (κ1) is 14.5. The molecule has 0 saturated heterocycles. The first-order valence-corrected chi connectivity index (χ1v) is 6.20. The number of benzene rings is 2. The molecule has 0 aromatic heterocycles. The molecule has 0 aliphatic heterocycles. The summed E-state index contributed by atoms with van der Waals surface area (Å²) in [5, 5.41) is 4.80. The van der Waals surface area contributed by atoms with Gasteiger partial charge in [-0.1, -0.05) is 6.07 Å². The predicted molar refractivity (Wildman–Crippen MR) is 79.3 cm³/mol. The van der Waals surface area contributed by atoms with Crippen LogP contribution >= 0.6 is 0 Å². The molecule has 108 valence electrons.